The van der Waals surface area contributed by atoms with Crippen LogP contribution in [0, 0.1) is 0 Å². The number of aliphatic imine (C=N–C) groups is 1. The first kappa shape index (κ1) is 22.5. The van der Waals surface area contributed by atoms with E-state index in [2.05, 4.69) is 20.9 Å². The van der Waals surface area contributed by atoms with Gasteiger partial charge in [0.15, 0.2) is 5.96 Å². The molecule has 0 saturated carbocycles. The summed E-state index contributed by atoms with van der Waals surface area (Å²) < 4.78 is 0. The van der Waals surface area contributed by atoms with Crippen LogP contribution in [0.15, 0.2) is 29.3 Å². The van der Waals surface area contributed by atoms with Crippen molar-refractivity contribution >= 4 is 17.8 Å². The van der Waals surface area contributed by atoms with E-state index < -0.39 is 0 Å². The van der Waals surface area contributed by atoms with Crippen molar-refractivity contribution in [3.63, 3.8) is 0 Å². The molecule has 0 spiro atoms. The van der Waals surface area contributed by atoms with Crippen molar-refractivity contribution in [1.29, 1.82) is 0 Å². The standard InChI is InChI=1S/C20H33N5O2/c1-5-22-20(24-14-12-18(26)25(6-2)7-3)23-13-11-16-9-8-10-17(15-16)19(27)21-4/h8-10,15H,5-7,11-14H2,1-4H3,(H,21,27)(H2,22,23,24). The number of guanidine groups is 1. The van der Waals surface area contributed by atoms with Crippen molar-refractivity contribution in [1.82, 2.24) is 20.9 Å². The number of carbonyl (C=O) groups is 2. The van der Waals surface area contributed by atoms with E-state index in [1.54, 1.807) is 13.1 Å². The molecule has 0 unspecified atom stereocenters. The van der Waals surface area contributed by atoms with Gasteiger partial charge in [-0.25, -0.2) is 0 Å². The predicted molar refractivity (Wildman–Crippen MR) is 110 cm³/mol. The van der Waals surface area contributed by atoms with Crippen LogP contribution >= 0.6 is 0 Å². The Balaban J connectivity index is 2.53. The average molecular weight is 376 g/mol. The van der Waals surface area contributed by atoms with Crippen LogP contribution in [-0.2, 0) is 11.2 Å². The van der Waals surface area contributed by atoms with Gasteiger partial charge in [0, 0.05) is 45.2 Å². The van der Waals surface area contributed by atoms with E-state index in [0.717, 1.165) is 31.6 Å². The van der Waals surface area contributed by atoms with E-state index in [4.69, 9.17) is 0 Å². The maximum Gasteiger partial charge on any atom is 0.251 e. The molecule has 27 heavy (non-hydrogen) atoms. The third-order valence-electron chi connectivity index (χ3n) is 4.18. The Bertz CT molecular complexity index is 627. The van der Waals surface area contributed by atoms with Crippen LogP contribution in [0.3, 0.4) is 0 Å². The van der Waals surface area contributed by atoms with Crippen LogP contribution < -0.4 is 16.0 Å². The summed E-state index contributed by atoms with van der Waals surface area (Å²) in [7, 11) is 1.63. The van der Waals surface area contributed by atoms with E-state index in [-0.39, 0.29) is 11.8 Å². The van der Waals surface area contributed by atoms with Crippen molar-refractivity contribution in [2.24, 2.45) is 4.99 Å². The molecule has 0 radical (unpaired) electrons. The third kappa shape index (κ3) is 8.11. The van der Waals surface area contributed by atoms with Crippen LogP contribution in [0.5, 0.6) is 0 Å². The zero-order valence-corrected chi connectivity index (χ0v) is 17.0. The Hall–Kier alpha value is -2.57. The molecule has 0 saturated heterocycles. The van der Waals surface area contributed by atoms with Gasteiger partial charge >= 0.3 is 0 Å². The first-order valence-electron chi connectivity index (χ1n) is 9.66. The van der Waals surface area contributed by atoms with Crippen molar-refractivity contribution in [3.05, 3.63) is 35.4 Å². The van der Waals surface area contributed by atoms with Crippen molar-refractivity contribution < 1.29 is 9.59 Å². The Morgan fingerprint density at radius 1 is 1.11 bits per heavy atom. The molecule has 0 aliphatic carbocycles. The number of nitrogens with one attached hydrogen (secondary N) is 3. The maximum atomic E-state index is 12.0. The summed E-state index contributed by atoms with van der Waals surface area (Å²) in [6.45, 7) is 9.32. The molecule has 3 N–H and O–H groups in total. The summed E-state index contributed by atoms with van der Waals surface area (Å²) in [5.74, 6) is 0.746. The quantitative estimate of drug-likeness (QED) is 0.426. The smallest absolute Gasteiger partial charge is 0.251 e. The number of nitrogens with zero attached hydrogens (tertiary/aromatic N) is 2. The molecular formula is C20H33N5O2. The Morgan fingerprint density at radius 2 is 1.85 bits per heavy atom. The summed E-state index contributed by atoms with van der Waals surface area (Å²) in [6.07, 6.45) is 1.18. The lowest BCUT2D eigenvalue weighted by atomic mass is 10.1. The van der Waals surface area contributed by atoms with Gasteiger partial charge in [-0.3, -0.25) is 14.6 Å². The number of hydrogen-bond acceptors (Lipinski definition) is 3. The molecule has 7 nitrogen and oxygen atoms in total. The van der Waals surface area contributed by atoms with Gasteiger partial charge in [0.25, 0.3) is 5.91 Å². The highest BCUT2D eigenvalue weighted by molar-refractivity contribution is 5.94. The molecule has 2 amide bonds. The topological polar surface area (TPSA) is 85.8 Å². The van der Waals surface area contributed by atoms with Crippen molar-refractivity contribution in [3.8, 4) is 0 Å². The molecule has 0 heterocycles. The molecule has 0 aliphatic rings. The van der Waals surface area contributed by atoms with E-state index in [9.17, 15) is 9.59 Å². The summed E-state index contributed by atoms with van der Waals surface area (Å²) in [4.78, 5) is 30.0. The molecule has 0 fully saturated rings. The number of carbonyl (C=O) groups excluding carboxylic acids is 2. The number of hydrogen-bond donors (Lipinski definition) is 3. The molecule has 1 aromatic rings. The van der Waals surface area contributed by atoms with E-state index in [1.165, 1.54) is 0 Å². The minimum absolute atomic E-state index is 0.0856. The zero-order chi connectivity index (χ0) is 20.1. The molecule has 0 atom stereocenters. The van der Waals surface area contributed by atoms with Crippen LogP contribution in [0.1, 0.15) is 43.1 Å². The minimum Gasteiger partial charge on any atom is -0.357 e. The normalized spacial score (nSPS) is 11.0. The van der Waals surface area contributed by atoms with Crippen LogP contribution in [-0.4, -0.2) is 62.4 Å². The van der Waals surface area contributed by atoms with Gasteiger partial charge in [0.05, 0.1) is 6.54 Å². The molecule has 0 aromatic heterocycles. The highest BCUT2D eigenvalue weighted by Gasteiger charge is 2.08. The number of rotatable bonds is 10. The van der Waals surface area contributed by atoms with Gasteiger partial charge in [0.1, 0.15) is 0 Å². The highest BCUT2D eigenvalue weighted by atomic mass is 16.2. The second-order valence-electron chi connectivity index (χ2n) is 6.03. The Kier molecular flexibility index (Phi) is 10.6. The average Bonchev–Trinajstić information content (AvgIpc) is 2.68. The molecule has 1 aromatic carbocycles. The van der Waals surface area contributed by atoms with Crippen molar-refractivity contribution in [2.75, 3.05) is 39.8 Å². The highest BCUT2D eigenvalue weighted by Crippen LogP contribution is 2.05. The van der Waals surface area contributed by atoms with Crippen molar-refractivity contribution in [2.45, 2.75) is 33.6 Å². The first-order valence-corrected chi connectivity index (χ1v) is 9.66. The third-order valence-corrected chi connectivity index (χ3v) is 4.18. The fourth-order valence-electron chi connectivity index (χ4n) is 2.68. The molecule has 7 heteroatoms. The van der Waals surface area contributed by atoms with E-state index in [1.807, 2.05) is 43.9 Å². The van der Waals surface area contributed by atoms with Crippen LogP contribution in [0.2, 0.25) is 0 Å². The van der Waals surface area contributed by atoms with Gasteiger partial charge in [-0.1, -0.05) is 12.1 Å². The number of benzene rings is 1. The molecular weight excluding hydrogens is 342 g/mol. The Labute approximate surface area is 162 Å². The molecule has 0 bridgehead atoms. The lowest BCUT2D eigenvalue weighted by molar-refractivity contribution is -0.130. The van der Waals surface area contributed by atoms with Gasteiger partial charge in [-0.2, -0.15) is 0 Å². The molecule has 1 rings (SSSR count). The molecule has 150 valence electrons. The summed E-state index contributed by atoms with van der Waals surface area (Å²) >= 11 is 0. The fraction of sp³-hybridized carbons (Fsp3) is 0.550. The van der Waals surface area contributed by atoms with Gasteiger partial charge < -0.3 is 20.9 Å². The number of amides is 2. The Morgan fingerprint density at radius 3 is 2.48 bits per heavy atom. The zero-order valence-electron chi connectivity index (χ0n) is 17.0. The predicted octanol–water partition coefficient (Wildman–Crippen LogP) is 1.40. The van der Waals surface area contributed by atoms with Gasteiger partial charge in [-0.15, -0.1) is 0 Å². The largest absolute Gasteiger partial charge is 0.357 e. The van der Waals surface area contributed by atoms with Gasteiger partial charge in [-0.05, 0) is 44.9 Å². The lowest BCUT2D eigenvalue weighted by Gasteiger charge is -2.18. The van der Waals surface area contributed by atoms with Gasteiger partial charge in [0.2, 0.25) is 5.91 Å². The fourth-order valence-corrected chi connectivity index (χ4v) is 2.68. The SMILES string of the molecule is CCNC(=NCCC(=O)N(CC)CC)NCCc1cccc(C(=O)NC)c1. The minimum atomic E-state index is -0.0856. The first-order chi connectivity index (χ1) is 13.0. The second-order valence-corrected chi connectivity index (χ2v) is 6.03. The van der Waals surface area contributed by atoms with Crippen LogP contribution in [0.4, 0.5) is 0 Å². The lowest BCUT2D eigenvalue weighted by Crippen LogP contribution is -2.38. The maximum absolute atomic E-state index is 12.0. The monoisotopic (exact) mass is 375 g/mol. The summed E-state index contributed by atoms with van der Waals surface area (Å²) in [6, 6.07) is 7.58. The summed E-state index contributed by atoms with van der Waals surface area (Å²) in [5, 5.41) is 9.10. The molecule has 0 aliphatic heterocycles. The second kappa shape index (κ2) is 12.7. The van der Waals surface area contributed by atoms with E-state index >= 15 is 0 Å². The summed E-state index contributed by atoms with van der Waals surface area (Å²) in [5.41, 5.74) is 1.74. The van der Waals surface area contributed by atoms with E-state index in [0.29, 0.717) is 31.0 Å². The van der Waals surface area contributed by atoms with Crippen LogP contribution in [0.25, 0.3) is 0 Å².